The van der Waals surface area contributed by atoms with Crippen LogP contribution in [0.4, 0.5) is 0 Å². The molecule has 0 aromatic rings. The van der Waals surface area contributed by atoms with Crippen molar-refractivity contribution in [2.45, 2.75) is 70.8 Å². The van der Waals surface area contributed by atoms with Crippen molar-refractivity contribution >= 4 is 11.9 Å². The Kier molecular flexibility index (Phi) is 19.6. The van der Waals surface area contributed by atoms with E-state index in [1.807, 2.05) is 21.1 Å². The van der Waals surface area contributed by atoms with Crippen LogP contribution in [0.1, 0.15) is 64.7 Å². The molecule has 0 amide bonds. The normalized spacial score (nSPS) is 13.7. The van der Waals surface area contributed by atoms with Gasteiger partial charge in [0.2, 0.25) is 6.79 Å². The highest BCUT2D eigenvalue weighted by atomic mass is 16.7. The number of esters is 2. The summed E-state index contributed by atoms with van der Waals surface area (Å²) >= 11 is 0. The number of rotatable bonds is 19. The van der Waals surface area contributed by atoms with Gasteiger partial charge in [-0.25, -0.2) is 0 Å². The van der Waals surface area contributed by atoms with Crippen molar-refractivity contribution in [2.75, 3.05) is 34.5 Å². The summed E-state index contributed by atoms with van der Waals surface area (Å²) < 4.78 is 10.3. The minimum Gasteiger partial charge on any atom is -0.428 e. The molecule has 1 unspecified atom stereocenters. The maximum atomic E-state index is 11.7. The van der Waals surface area contributed by atoms with Crippen LogP contribution in [0.15, 0.2) is 60.8 Å². The van der Waals surface area contributed by atoms with Gasteiger partial charge in [-0.05, 0) is 44.9 Å². The molecule has 0 aliphatic heterocycles. The predicted octanol–water partition coefficient (Wildman–Crippen LogP) is 5.41. The maximum Gasteiger partial charge on any atom is 0.311 e. The number of unbranched alkanes of at least 4 members (excludes halogenated alkanes) is 1. The summed E-state index contributed by atoms with van der Waals surface area (Å²) in [6, 6.07) is 0. The highest BCUT2D eigenvalue weighted by molar-refractivity contribution is 5.71. The van der Waals surface area contributed by atoms with Gasteiger partial charge in [-0.3, -0.25) is 9.59 Å². The molecule has 0 heterocycles. The van der Waals surface area contributed by atoms with Gasteiger partial charge in [0.05, 0.1) is 27.6 Å². The third kappa shape index (κ3) is 24.2. The minimum absolute atomic E-state index is 0.114. The fourth-order valence-electron chi connectivity index (χ4n) is 2.91. The number of allylic oxidation sites excluding steroid dienone is 10. The highest BCUT2D eigenvalue weighted by Gasteiger charge is 2.19. The van der Waals surface area contributed by atoms with Crippen molar-refractivity contribution in [1.82, 2.24) is 0 Å². The number of hydrogen-bond donors (Lipinski definition) is 1. The smallest absolute Gasteiger partial charge is 0.311 e. The van der Waals surface area contributed by atoms with Crippen molar-refractivity contribution in [3.05, 3.63) is 60.8 Å². The van der Waals surface area contributed by atoms with E-state index in [2.05, 4.69) is 67.7 Å². The van der Waals surface area contributed by atoms with Crippen molar-refractivity contribution in [3.8, 4) is 0 Å². The fraction of sp³-hybridized carbons (Fsp3) is 0.571. The zero-order chi connectivity index (χ0) is 25.5. The van der Waals surface area contributed by atoms with Crippen molar-refractivity contribution < 1.29 is 28.7 Å². The molecule has 1 N–H and O–H groups in total. The van der Waals surface area contributed by atoms with Gasteiger partial charge in [0, 0.05) is 6.42 Å². The molecule has 0 rings (SSSR count). The minimum atomic E-state index is -0.785. The van der Waals surface area contributed by atoms with Crippen LogP contribution in [0.5, 0.6) is 0 Å². The fourth-order valence-corrected chi connectivity index (χ4v) is 2.91. The van der Waals surface area contributed by atoms with Crippen LogP contribution in [0.3, 0.4) is 0 Å². The SMILES string of the molecule is CC/C=C\C/C=C\C/C=C\C/C=C\C/C=C\CCCC(=O)OCOC(=O)CC(O)C[N+](C)(C)C. The predicted molar refractivity (Wildman–Crippen MR) is 139 cm³/mol. The van der Waals surface area contributed by atoms with E-state index >= 15 is 0 Å². The summed E-state index contributed by atoms with van der Waals surface area (Å²) in [5, 5.41) is 9.84. The van der Waals surface area contributed by atoms with Gasteiger partial charge >= 0.3 is 11.9 Å². The summed E-state index contributed by atoms with van der Waals surface area (Å²) in [5.74, 6) is -0.973. The second kappa shape index (κ2) is 21.1. The summed E-state index contributed by atoms with van der Waals surface area (Å²) in [5.41, 5.74) is 0. The second-order valence-electron chi connectivity index (χ2n) is 9.08. The number of likely N-dealkylation sites (N-methyl/N-ethyl adjacent to an activating group) is 1. The molecule has 6 nitrogen and oxygen atoms in total. The molecule has 0 aromatic heterocycles. The average molecular weight is 477 g/mol. The summed E-state index contributed by atoms with van der Waals surface area (Å²) in [4.78, 5) is 23.3. The number of ether oxygens (including phenoxy) is 2. The number of nitrogens with zero attached hydrogens (tertiary/aromatic N) is 1. The third-order valence-electron chi connectivity index (χ3n) is 4.51. The standard InChI is InChI=1S/C28H46NO5/c1-5-6-7-8-9-10-11-12-13-14-15-16-17-18-19-20-21-22-27(31)33-25-34-28(32)23-26(30)24-29(2,3)4/h6-7,9-10,12-13,15-16,18-19,26,30H,5,8,11,14,17,20-25H2,1-4H3/q+1/b7-6-,10-9-,13-12-,16-15-,19-18-. The molecular formula is C28H46NO5+. The molecule has 0 radical (unpaired) electrons. The lowest BCUT2D eigenvalue weighted by molar-refractivity contribution is -0.873. The number of aliphatic hydroxyl groups excluding tert-OH is 1. The molecule has 0 aliphatic rings. The number of carbonyl (C=O) groups excluding carboxylic acids is 2. The molecule has 0 aliphatic carbocycles. The van der Waals surface area contributed by atoms with Gasteiger partial charge in [-0.15, -0.1) is 0 Å². The molecule has 0 saturated heterocycles. The Morgan fingerprint density at radius 2 is 1.24 bits per heavy atom. The average Bonchev–Trinajstić information content (AvgIpc) is 2.74. The lowest BCUT2D eigenvalue weighted by atomic mass is 10.2. The Bertz CT molecular complexity index is 683. The zero-order valence-electron chi connectivity index (χ0n) is 21.7. The van der Waals surface area contributed by atoms with Gasteiger partial charge in [0.1, 0.15) is 12.6 Å². The number of hydrogen-bond acceptors (Lipinski definition) is 5. The largest absolute Gasteiger partial charge is 0.428 e. The molecular weight excluding hydrogens is 430 g/mol. The maximum absolute atomic E-state index is 11.7. The van der Waals surface area contributed by atoms with E-state index in [0.717, 1.165) is 38.5 Å². The van der Waals surface area contributed by atoms with Gasteiger partial charge in [-0.1, -0.05) is 67.7 Å². The first-order valence-electron chi connectivity index (χ1n) is 12.3. The molecule has 0 aromatic carbocycles. The molecule has 192 valence electrons. The Labute approximate surface area is 206 Å². The van der Waals surface area contributed by atoms with Crippen molar-refractivity contribution in [2.24, 2.45) is 0 Å². The summed E-state index contributed by atoms with van der Waals surface area (Å²) in [7, 11) is 5.78. The van der Waals surface area contributed by atoms with Crippen LogP contribution in [0.25, 0.3) is 0 Å². The lowest BCUT2D eigenvalue weighted by Gasteiger charge is -2.26. The Balaban J connectivity index is 3.67. The van der Waals surface area contributed by atoms with E-state index in [1.165, 1.54) is 0 Å². The van der Waals surface area contributed by atoms with Gasteiger partial charge in [0.15, 0.2) is 0 Å². The zero-order valence-corrected chi connectivity index (χ0v) is 21.7. The van der Waals surface area contributed by atoms with E-state index < -0.39 is 24.8 Å². The molecule has 34 heavy (non-hydrogen) atoms. The molecule has 6 heteroatoms. The quantitative estimate of drug-likeness (QED) is 0.0887. The number of carbonyl (C=O) groups is 2. The molecule has 0 saturated carbocycles. The lowest BCUT2D eigenvalue weighted by Crippen LogP contribution is -2.42. The monoisotopic (exact) mass is 476 g/mol. The molecule has 0 spiro atoms. The van der Waals surface area contributed by atoms with Crippen molar-refractivity contribution in [3.63, 3.8) is 0 Å². The Morgan fingerprint density at radius 3 is 1.74 bits per heavy atom. The summed E-state index contributed by atoms with van der Waals surface area (Å²) in [6.07, 6.45) is 27.2. The van der Waals surface area contributed by atoms with Crippen LogP contribution in [0, 0.1) is 0 Å². The van der Waals surface area contributed by atoms with Crippen LogP contribution in [-0.2, 0) is 19.1 Å². The van der Waals surface area contributed by atoms with Crippen LogP contribution < -0.4 is 0 Å². The number of quaternary nitrogens is 1. The van der Waals surface area contributed by atoms with E-state index in [9.17, 15) is 14.7 Å². The topological polar surface area (TPSA) is 72.8 Å². The second-order valence-corrected chi connectivity index (χ2v) is 9.08. The summed E-state index contributed by atoms with van der Waals surface area (Å²) in [6.45, 7) is 2.17. The Hall–Kier alpha value is -2.44. The third-order valence-corrected chi connectivity index (χ3v) is 4.51. The van der Waals surface area contributed by atoms with Gasteiger partial charge in [-0.2, -0.15) is 0 Å². The van der Waals surface area contributed by atoms with Gasteiger partial charge in [0.25, 0.3) is 0 Å². The van der Waals surface area contributed by atoms with E-state index in [0.29, 0.717) is 17.4 Å². The van der Waals surface area contributed by atoms with Crippen molar-refractivity contribution in [1.29, 1.82) is 0 Å². The highest BCUT2D eigenvalue weighted by Crippen LogP contribution is 2.03. The van der Waals surface area contributed by atoms with Crippen LogP contribution in [0.2, 0.25) is 0 Å². The van der Waals surface area contributed by atoms with E-state index in [4.69, 9.17) is 9.47 Å². The first-order chi connectivity index (χ1) is 16.2. The van der Waals surface area contributed by atoms with Crippen LogP contribution in [-0.4, -0.2) is 62.1 Å². The molecule has 1 atom stereocenters. The first kappa shape index (κ1) is 31.6. The van der Waals surface area contributed by atoms with Crippen LogP contribution >= 0.6 is 0 Å². The molecule has 0 bridgehead atoms. The van der Waals surface area contributed by atoms with Gasteiger partial charge < -0.3 is 19.1 Å². The Morgan fingerprint density at radius 1 is 0.765 bits per heavy atom. The first-order valence-corrected chi connectivity index (χ1v) is 12.3. The molecule has 0 fully saturated rings. The number of aliphatic hydroxyl groups is 1. The van der Waals surface area contributed by atoms with E-state index in [1.54, 1.807) is 0 Å². The van der Waals surface area contributed by atoms with E-state index in [-0.39, 0.29) is 12.8 Å².